The standard InChI is InChI=1S/C24H26ClN3O3S2/c1-3-13-28-21-12-7-17(4-2)15-22(21)32-24(28)26-23(29)18-6-5-14-27(16-18)33(30,31)20-10-8-19(25)9-11-20/h3,7-12,15,18H,1,4-6,13-14,16H2,2H3. The number of rotatable bonds is 6. The summed E-state index contributed by atoms with van der Waals surface area (Å²) >= 11 is 7.37. The van der Waals surface area contributed by atoms with Gasteiger partial charge in [-0.25, -0.2) is 8.42 Å². The van der Waals surface area contributed by atoms with Crippen molar-refractivity contribution in [2.24, 2.45) is 10.9 Å². The van der Waals surface area contributed by atoms with Gasteiger partial charge in [-0.15, -0.1) is 6.58 Å². The second-order valence-corrected chi connectivity index (χ2v) is 11.4. The van der Waals surface area contributed by atoms with Crippen molar-refractivity contribution in [2.45, 2.75) is 37.6 Å². The maximum atomic E-state index is 13.1. The van der Waals surface area contributed by atoms with Crippen molar-refractivity contribution in [3.63, 3.8) is 0 Å². The Morgan fingerprint density at radius 1 is 1.27 bits per heavy atom. The molecule has 0 radical (unpaired) electrons. The Balaban J connectivity index is 1.63. The molecule has 0 bridgehead atoms. The van der Waals surface area contributed by atoms with E-state index in [1.165, 1.54) is 33.3 Å². The third kappa shape index (κ3) is 4.99. The van der Waals surface area contributed by atoms with Gasteiger partial charge in [0, 0.05) is 24.7 Å². The van der Waals surface area contributed by atoms with E-state index in [-0.39, 0.29) is 17.3 Å². The monoisotopic (exact) mass is 503 g/mol. The minimum absolute atomic E-state index is 0.125. The number of allylic oxidation sites excluding steroid dienone is 1. The summed E-state index contributed by atoms with van der Waals surface area (Å²) in [6, 6.07) is 12.4. The van der Waals surface area contributed by atoms with Crippen LogP contribution in [0.2, 0.25) is 5.02 Å². The van der Waals surface area contributed by atoms with Crippen molar-refractivity contribution in [3.8, 4) is 0 Å². The van der Waals surface area contributed by atoms with Crippen LogP contribution < -0.4 is 4.80 Å². The Morgan fingerprint density at radius 3 is 2.73 bits per heavy atom. The summed E-state index contributed by atoms with van der Waals surface area (Å²) in [5.41, 5.74) is 2.24. The molecule has 1 amide bonds. The molecule has 2 aromatic carbocycles. The zero-order valence-electron chi connectivity index (χ0n) is 18.4. The molecule has 33 heavy (non-hydrogen) atoms. The third-order valence-electron chi connectivity index (χ3n) is 5.86. The number of sulfonamides is 1. The van der Waals surface area contributed by atoms with E-state index in [0.29, 0.717) is 35.8 Å². The number of piperidine rings is 1. The SMILES string of the molecule is C=CCn1c(=NC(=O)C2CCCN(S(=O)(=O)c3ccc(Cl)cc3)C2)sc2cc(CC)ccc21. The molecule has 1 fully saturated rings. The number of hydrogen-bond donors (Lipinski definition) is 0. The molecule has 1 aliphatic heterocycles. The molecule has 1 unspecified atom stereocenters. The number of carbonyl (C=O) groups excluding carboxylic acids is 1. The van der Waals surface area contributed by atoms with E-state index in [1.54, 1.807) is 18.2 Å². The predicted octanol–water partition coefficient (Wildman–Crippen LogP) is 4.63. The van der Waals surface area contributed by atoms with Crippen LogP contribution >= 0.6 is 22.9 Å². The number of benzene rings is 2. The Kier molecular flexibility index (Phi) is 7.19. The number of thiazole rings is 1. The summed E-state index contributed by atoms with van der Waals surface area (Å²) in [4.78, 5) is 18.4. The van der Waals surface area contributed by atoms with E-state index in [1.807, 2.05) is 4.57 Å². The Labute approximate surface area is 202 Å². The van der Waals surface area contributed by atoms with Crippen molar-refractivity contribution in [1.29, 1.82) is 0 Å². The molecule has 9 heteroatoms. The lowest BCUT2D eigenvalue weighted by molar-refractivity contribution is -0.122. The highest BCUT2D eigenvalue weighted by atomic mass is 35.5. The summed E-state index contributed by atoms with van der Waals surface area (Å²) in [6.07, 6.45) is 3.93. The van der Waals surface area contributed by atoms with Gasteiger partial charge in [-0.1, -0.05) is 42.0 Å². The van der Waals surface area contributed by atoms with Gasteiger partial charge in [0.05, 0.1) is 21.0 Å². The molecule has 1 saturated heterocycles. The molecule has 6 nitrogen and oxygen atoms in total. The Bertz CT molecular complexity index is 1360. The second-order valence-electron chi connectivity index (χ2n) is 8.05. The number of aromatic nitrogens is 1. The summed E-state index contributed by atoms with van der Waals surface area (Å²) in [6.45, 7) is 6.99. The number of carbonyl (C=O) groups is 1. The highest BCUT2D eigenvalue weighted by Gasteiger charge is 2.33. The second kappa shape index (κ2) is 9.93. The molecule has 0 aliphatic carbocycles. The van der Waals surface area contributed by atoms with Crippen LogP contribution in [0.1, 0.15) is 25.3 Å². The zero-order chi connectivity index (χ0) is 23.6. The third-order valence-corrected chi connectivity index (χ3v) is 9.03. The summed E-state index contributed by atoms with van der Waals surface area (Å²) < 4.78 is 30.6. The van der Waals surface area contributed by atoms with E-state index in [0.717, 1.165) is 16.6 Å². The first-order valence-electron chi connectivity index (χ1n) is 10.9. The fourth-order valence-corrected chi connectivity index (χ4v) is 6.79. The predicted molar refractivity (Wildman–Crippen MR) is 133 cm³/mol. The van der Waals surface area contributed by atoms with Crippen LogP contribution in [0.5, 0.6) is 0 Å². The fourth-order valence-electron chi connectivity index (χ4n) is 4.03. The average Bonchev–Trinajstić information content (AvgIpc) is 3.15. The van der Waals surface area contributed by atoms with Gasteiger partial charge in [0.2, 0.25) is 10.0 Å². The smallest absolute Gasteiger partial charge is 0.252 e. The van der Waals surface area contributed by atoms with Crippen LogP contribution in [-0.4, -0.2) is 36.3 Å². The van der Waals surface area contributed by atoms with Gasteiger partial charge in [0.1, 0.15) is 0 Å². The summed E-state index contributed by atoms with van der Waals surface area (Å²) in [7, 11) is -3.70. The highest BCUT2D eigenvalue weighted by Crippen LogP contribution is 2.26. The van der Waals surface area contributed by atoms with E-state index in [4.69, 9.17) is 11.6 Å². The maximum absolute atomic E-state index is 13.1. The van der Waals surface area contributed by atoms with Gasteiger partial charge in [-0.3, -0.25) is 4.79 Å². The number of amides is 1. The lowest BCUT2D eigenvalue weighted by Crippen LogP contribution is -2.42. The van der Waals surface area contributed by atoms with Gasteiger partial charge in [0.15, 0.2) is 4.80 Å². The minimum Gasteiger partial charge on any atom is -0.313 e. The fraction of sp³-hybridized carbons (Fsp3) is 0.333. The van der Waals surface area contributed by atoms with Crippen LogP contribution in [0, 0.1) is 5.92 Å². The van der Waals surface area contributed by atoms with Gasteiger partial charge < -0.3 is 4.57 Å². The molecule has 1 aliphatic rings. The topological polar surface area (TPSA) is 71.7 Å². The van der Waals surface area contributed by atoms with Gasteiger partial charge in [0.25, 0.3) is 5.91 Å². The molecule has 0 saturated carbocycles. The summed E-state index contributed by atoms with van der Waals surface area (Å²) in [5.74, 6) is -0.763. The molecule has 3 aromatic rings. The van der Waals surface area contributed by atoms with Crippen LogP contribution in [0.15, 0.2) is 65.0 Å². The molecule has 2 heterocycles. The van der Waals surface area contributed by atoms with E-state index in [2.05, 4.69) is 36.7 Å². The lowest BCUT2D eigenvalue weighted by atomic mass is 9.99. The van der Waals surface area contributed by atoms with Crippen molar-refractivity contribution >= 4 is 49.1 Å². The Hall–Kier alpha value is -2.26. The number of aryl methyl sites for hydroxylation is 1. The molecule has 174 valence electrons. The van der Waals surface area contributed by atoms with Gasteiger partial charge in [-0.05, 0) is 61.2 Å². The number of nitrogens with zero attached hydrogens (tertiary/aromatic N) is 3. The lowest BCUT2D eigenvalue weighted by Gasteiger charge is -2.30. The molecule has 0 N–H and O–H groups in total. The molecule has 0 spiro atoms. The van der Waals surface area contributed by atoms with Crippen molar-refractivity contribution in [3.05, 3.63) is 70.5 Å². The molecular formula is C24H26ClN3O3S2. The number of fused-ring (bicyclic) bond motifs is 1. The highest BCUT2D eigenvalue weighted by molar-refractivity contribution is 7.89. The van der Waals surface area contributed by atoms with Crippen molar-refractivity contribution in [2.75, 3.05) is 13.1 Å². The van der Waals surface area contributed by atoms with Crippen LogP contribution in [0.4, 0.5) is 0 Å². The Morgan fingerprint density at radius 2 is 2.03 bits per heavy atom. The van der Waals surface area contributed by atoms with E-state index >= 15 is 0 Å². The van der Waals surface area contributed by atoms with Crippen LogP contribution in [0.25, 0.3) is 10.2 Å². The van der Waals surface area contributed by atoms with E-state index < -0.39 is 15.9 Å². The van der Waals surface area contributed by atoms with Gasteiger partial charge in [-0.2, -0.15) is 9.30 Å². The number of hydrogen-bond acceptors (Lipinski definition) is 4. The van der Waals surface area contributed by atoms with Gasteiger partial charge >= 0.3 is 0 Å². The normalized spacial score (nSPS) is 18.0. The largest absolute Gasteiger partial charge is 0.313 e. The van der Waals surface area contributed by atoms with E-state index in [9.17, 15) is 13.2 Å². The molecule has 4 rings (SSSR count). The van der Waals surface area contributed by atoms with Crippen molar-refractivity contribution < 1.29 is 13.2 Å². The average molecular weight is 504 g/mol. The first-order chi connectivity index (χ1) is 15.8. The number of halogens is 1. The quantitative estimate of drug-likeness (QED) is 0.460. The summed E-state index contributed by atoms with van der Waals surface area (Å²) in [5, 5.41) is 0.474. The molecule has 1 aromatic heterocycles. The first-order valence-corrected chi connectivity index (χ1v) is 13.5. The van der Waals surface area contributed by atoms with Crippen molar-refractivity contribution in [1.82, 2.24) is 8.87 Å². The molecule has 1 atom stereocenters. The molecular weight excluding hydrogens is 478 g/mol. The van der Waals surface area contributed by atoms with Crippen LogP contribution in [-0.2, 0) is 27.8 Å². The maximum Gasteiger partial charge on any atom is 0.252 e. The van der Waals surface area contributed by atoms with Crippen LogP contribution in [0.3, 0.4) is 0 Å². The zero-order valence-corrected chi connectivity index (χ0v) is 20.8. The first kappa shape index (κ1) is 23.9. The minimum atomic E-state index is -3.70.